The zero-order chi connectivity index (χ0) is 12.8. The second-order valence-corrected chi connectivity index (χ2v) is 5.63. The van der Waals surface area contributed by atoms with Crippen molar-refractivity contribution in [1.82, 2.24) is 0 Å². The molecule has 0 unspecified atom stereocenters. The summed E-state index contributed by atoms with van der Waals surface area (Å²) in [6.45, 7) is 2.46. The SMILES string of the molecule is C[C](=[Zr+2])CCCO.[Cl-].[Cl-].c1cc[cH-]c1.c1cc[cH-]c1. The van der Waals surface area contributed by atoms with Crippen LogP contribution in [0.15, 0.2) is 60.7 Å². The second kappa shape index (κ2) is 20.3. The van der Waals surface area contributed by atoms with E-state index in [0.29, 0.717) is 6.61 Å². The molecule has 0 bridgehead atoms. The summed E-state index contributed by atoms with van der Waals surface area (Å²) in [7, 11) is 0. The molecule has 19 heavy (non-hydrogen) atoms. The predicted octanol–water partition coefficient (Wildman–Crippen LogP) is -2.68. The summed E-state index contributed by atoms with van der Waals surface area (Å²) in [5.41, 5.74) is 0. The van der Waals surface area contributed by atoms with Crippen molar-refractivity contribution in [1.29, 1.82) is 0 Å². The van der Waals surface area contributed by atoms with Gasteiger partial charge in [0.05, 0.1) is 0 Å². The molecule has 2 aromatic carbocycles. The summed E-state index contributed by atoms with van der Waals surface area (Å²) in [4.78, 5) is 0. The summed E-state index contributed by atoms with van der Waals surface area (Å²) < 4.78 is 1.49. The van der Waals surface area contributed by atoms with Gasteiger partial charge >= 0.3 is 58.9 Å². The van der Waals surface area contributed by atoms with Crippen molar-refractivity contribution < 1.29 is 54.2 Å². The Bertz CT molecular complexity index is 270. The maximum Gasteiger partial charge on any atom is -0.172 e. The molecule has 4 heteroatoms. The molecule has 1 N–H and O–H groups in total. The largest absolute Gasteiger partial charge is 1.00 e. The maximum absolute atomic E-state index is 8.31. The van der Waals surface area contributed by atoms with Crippen LogP contribution >= 0.6 is 0 Å². The predicted molar refractivity (Wildman–Crippen MR) is 71.1 cm³/mol. The molecular formula is C15H20Cl2OZr-2. The van der Waals surface area contributed by atoms with E-state index >= 15 is 0 Å². The van der Waals surface area contributed by atoms with E-state index < -0.39 is 0 Å². The zero-order valence-corrected chi connectivity index (χ0v) is 15.1. The molecule has 2 aromatic rings. The van der Waals surface area contributed by atoms with Gasteiger partial charge in [-0.3, -0.25) is 0 Å². The molecule has 0 aliphatic carbocycles. The minimum atomic E-state index is 0. The van der Waals surface area contributed by atoms with Gasteiger partial charge < -0.3 is 24.8 Å². The van der Waals surface area contributed by atoms with Gasteiger partial charge in [-0.15, -0.1) is 0 Å². The van der Waals surface area contributed by atoms with Gasteiger partial charge in [0.25, 0.3) is 0 Å². The normalized spacial score (nSPS) is 7.58. The molecule has 0 amide bonds. The van der Waals surface area contributed by atoms with E-state index in [2.05, 4.69) is 6.92 Å². The average Bonchev–Trinajstić information content (AvgIpc) is 3.01. The quantitative estimate of drug-likeness (QED) is 0.578. The molecule has 0 aliphatic rings. The molecule has 0 saturated carbocycles. The van der Waals surface area contributed by atoms with E-state index in [1.807, 2.05) is 60.7 Å². The molecular weight excluding hydrogens is 358 g/mol. The van der Waals surface area contributed by atoms with E-state index in [0.717, 1.165) is 12.8 Å². The number of aliphatic hydroxyl groups excluding tert-OH is 1. The summed E-state index contributed by atoms with van der Waals surface area (Å²) in [5, 5.41) is 8.31. The summed E-state index contributed by atoms with van der Waals surface area (Å²) >= 11 is 1.50. The average molecular weight is 378 g/mol. The molecule has 0 spiro atoms. The van der Waals surface area contributed by atoms with Crippen molar-refractivity contribution in [3.05, 3.63) is 60.7 Å². The van der Waals surface area contributed by atoms with Gasteiger partial charge in [0, 0.05) is 0 Å². The van der Waals surface area contributed by atoms with Gasteiger partial charge in [0.2, 0.25) is 0 Å². The van der Waals surface area contributed by atoms with Crippen LogP contribution in [0.4, 0.5) is 0 Å². The first-order chi connectivity index (χ1) is 8.27. The first kappa shape index (κ1) is 24.0. The third-order valence-corrected chi connectivity index (χ3v) is 2.44. The third kappa shape index (κ3) is 23.5. The van der Waals surface area contributed by atoms with E-state index in [-0.39, 0.29) is 24.8 Å². The summed E-state index contributed by atoms with van der Waals surface area (Å²) in [6.07, 6.45) is 2.05. The molecule has 1 nitrogen and oxygen atoms in total. The van der Waals surface area contributed by atoms with Crippen LogP contribution in [0.25, 0.3) is 0 Å². The van der Waals surface area contributed by atoms with Crippen LogP contribution < -0.4 is 24.8 Å². The van der Waals surface area contributed by atoms with Crippen LogP contribution in [0, 0.1) is 0 Å². The maximum atomic E-state index is 8.31. The fraction of sp³-hybridized carbons (Fsp3) is 0.267. The Labute approximate surface area is 143 Å². The van der Waals surface area contributed by atoms with Crippen molar-refractivity contribution in [2.75, 3.05) is 6.61 Å². The molecule has 106 valence electrons. The van der Waals surface area contributed by atoms with Crippen molar-refractivity contribution in [2.24, 2.45) is 0 Å². The van der Waals surface area contributed by atoms with Crippen LogP contribution in [0.5, 0.6) is 0 Å². The summed E-state index contributed by atoms with van der Waals surface area (Å²) in [6, 6.07) is 20.0. The fourth-order valence-electron chi connectivity index (χ4n) is 0.986. The van der Waals surface area contributed by atoms with E-state index in [1.54, 1.807) is 0 Å². The van der Waals surface area contributed by atoms with Crippen molar-refractivity contribution in [3.8, 4) is 0 Å². The number of hydrogen-bond acceptors (Lipinski definition) is 1. The first-order valence-electron chi connectivity index (χ1n) is 5.75. The van der Waals surface area contributed by atoms with Gasteiger partial charge in [-0.05, 0) is 0 Å². The zero-order valence-electron chi connectivity index (χ0n) is 11.1. The minimum Gasteiger partial charge on any atom is -1.00 e. The number of hydrogen-bond donors (Lipinski definition) is 1. The molecule has 2 rings (SSSR count). The molecule has 0 fully saturated rings. The van der Waals surface area contributed by atoms with Crippen molar-refractivity contribution in [2.45, 2.75) is 19.8 Å². The van der Waals surface area contributed by atoms with E-state index in [1.165, 1.54) is 27.4 Å². The van der Waals surface area contributed by atoms with Crippen LogP contribution in [-0.2, 0) is 24.2 Å². The molecule has 0 atom stereocenters. The van der Waals surface area contributed by atoms with Crippen LogP contribution in [0.3, 0.4) is 0 Å². The van der Waals surface area contributed by atoms with Crippen LogP contribution in [0.1, 0.15) is 19.8 Å². The molecule has 0 radical (unpaired) electrons. The Kier molecular flexibility index (Phi) is 25.7. The number of aliphatic hydroxyl groups is 1. The Morgan fingerprint density at radius 2 is 1.32 bits per heavy atom. The van der Waals surface area contributed by atoms with Gasteiger partial charge in [-0.25, -0.2) is 24.3 Å². The first-order valence-corrected chi connectivity index (χ1v) is 6.98. The van der Waals surface area contributed by atoms with E-state index in [9.17, 15) is 0 Å². The monoisotopic (exact) mass is 376 g/mol. The Hall–Kier alpha value is -0.00688. The molecule has 0 saturated heterocycles. The molecule has 0 aromatic heterocycles. The van der Waals surface area contributed by atoms with Gasteiger partial charge in [0.1, 0.15) is 0 Å². The van der Waals surface area contributed by atoms with Crippen molar-refractivity contribution in [3.63, 3.8) is 0 Å². The standard InChI is InChI=1S/C5H10O.2C5H5.2ClH.Zr/c1-2-3-4-5-6;2*1-2-4-5-3-1;;;/h6H,3-5H2,1H3;2*1-5H;2*1H;/q;2*-1;;;+2/p-2. The van der Waals surface area contributed by atoms with Crippen LogP contribution in [-0.4, -0.2) is 14.9 Å². The van der Waals surface area contributed by atoms with E-state index in [4.69, 9.17) is 5.11 Å². The number of halogens is 2. The topological polar surface area (TPSA) is 20.2 Å². The van der Waals surface area contributed by atoms with Crippen LogP contribution in [0.2, 0.25) is 0 Å². The smallest absolute Gasteiger partial charge is 0.172 e. The second-order valence-electron chi connectivity index (χ2n) is 3.53. The summed E-state index contributed by atoms with van der Waals surface area (Å²) in [5.74, 6) is 0. The van der Waals surface area contributed by atoms with Gasteiger partial charge in [0.15, 0.2) is 0 Å². The molecule has 0 aliphatic heterocycles. The Morgan fingerprint density at radius 1 is 0.947 bits per heavy atom. The third-order valence-electron chi connectivity index (χ3n) is 1.82. The fourth-order valence-corrected chi connectivity index (χ4v) is 1.42. The molecule has 0 heterocycles. The van der Waals surface area contributed by atoms with Gasteiger partial charge in [-0.1, -0.05) is 0 Å². The Morgan fingerprint density at radius 3 is 1.42 bits per heavy atom. The Balaban J connectivity index is -0.000000194. The minimum absolute atomic E-state index is 0. The number of rotatable bonds is 3. The van der Waals surface area contributed by atoms with Gasteiger partial charge in [-0.2, -0.15) is 36.4 Å². The van der Waals surface area contributed by atoms with Crippen molar-refractivity contribution >= 4 is 3.21 Å².